The van der Waals surface area contributed by atoms with E-state index in [9.17, 15) is 0 Å². The van der Waals surface area contributed by atoms with Gasteiger partial charge >= 0.3 is 0 Å². The van der Waals surface area contributed by atoms with Crippen molar-refractivity contribution in [3.63, 3.8) is 0 Å². The van der Waals surface area contributed by atoms with Crippen LogP contribution in [0.4, 0.5) is 0 Å². The van der Waals surface area contributed by atoms with Crippen molar-refractivity contribution in [1.82, 2.24) is 4.90 Å². The van der Waals surface area contributed by atoms with Gasteiger partial charge in [0.2, 0.25) is 0 Å². The Bertz CT molecular complexity index is 577. The number of nitrogens with zero attached hydrogens (tertiary/aromatic N) is 1. The molecule has 0 saturated heterocycles. The van der Waals surface area contributed by atoms with Crippen molar-refractivity contribution in [3.05, 3.63) is 55.1 Å². The lowest BCUT2D eigenvalue weighted by Gasteiger charge is -2.32. The van der Waals surface area contributed by atoms with Gasteiger partial charge in [0, 0.05) is 31.8 Å². The van der Waals surface area contributed by atoms with Crippen molar-refractivity contribution in [1.29, 1.82) is 0 Å². The maximum Gasteiger partial charge on any atom is 0.0567 e. The van der Waals surface area contributed by atoms with Gasteiger partial charge in [-0.25, -0.2) is 0 Å². The number of thiophene rings is 1. The van der Waals surface area contributed by atoms with E-state index in [4.69, 9.17) is 17.3 Å². The molecule has 5 heteroatoms. The molecule has 2 rings (SSSR count). The van der Waals surface area contributed by atoms with Gasteiger partial charge in [-0.2, -0.15) is 0 Å². The Kier molecular flexibility index (Phi) is 5.86. The van der Waals surface area contributed by atoms with Gasteiger partial charge in [0.05, 0.1) is 6.04 Å². The molecule has 0 amide bonds. The fraction of sp³-hybridized carbons (Fsp3) is 0.375. The predicted octanol–water partition coefficient (Wildman–Crippen LogP) is 5.17. The van der Waals surface area contributed by atoms with Gasteiger partial charge in [0.1, 0.15) is 0 Å². The quantitative estimate of drug-likeness (QED) is 0.767. The molecule has 0 radical (unpaired) electrons. The normalized spacial score (nSPS) is 14.4. The van der Waals surface area contributed by atoms with Crippen LogP contribution in [0.1, 0.15) is 34.3 Å². The Morgan fingerprint density at radius 1 is 1.33 bits per heavy atom. The molecule has 0 aliphatic rings. The third kappa shape index (κ3) is 3.88. The topological polar surface area (TPSA) is 29.3 Å². The van der Waals surface area contributed by atoms with E-state index in [1.807, 2.05) is 12.1 Å². The zero-order valence-electron chi connectivity index (χ0n) is 12.4. The van der Waals surface area contributed by atoms with Gasteiger partial charge < -0.3 is 5.73 Å². The molecule has 1 heterocycles. The number of likely N-dealkylation sites (N-methyl/N-ethyl adjacent to an activating group) is 1. The van der Waals surface area contributed by atoms with E-state index < -0.39 is 0 Å². The van der Waals surface area contributed by atoms with E-state index in [1.165, 1.54) is 15.3 Å². The summed E-state index contributed by atoms with van der Waals surface area (Å²) in [5, 5.41) is 0.766. The molecule has 0 bridgehead atoms. The molecule has 0 aliphatic carbocycles. The van der Waals surface area contributed by atoms with Crippen LogP contribution in [0, 0.1) is 6.92 Å². The minimum absolute atomic E-state index is 0.214. The summed E-state index contributed by atoms with van der Waals surface area (Å²) in [5.74, 6) is 0. The van der Waals surface area contributed by atoms with Crippen molar-refractivity contribution >= 4 is 38.9 Å². The predicted molar refractivity (Wildman–Crippen MR) is 96.2 cm³/mol. The summed E-state index contributed by atoms with van der Waals surface area (Å²) in [6.45, 7) is 4.91. The van der Waals surface area contributed by atoms with Crippen LogP contribution in [0.25, 0.3) is 0 Å². The molecule has 0 aliphatic heterocycles. The molecule has 0 spiro atoms. The van der Waals surface area contributed by atoms with Gasteiger partial charge in [0.15, 0.2) is 0 Å². The number of hydrogen-bond donors (Lipinski definition) is 1. The lowest BCUT2D eigenvalue weighted by molar-refractivity contribution is 0.193. The highest BCUT2D eigenvalue weighted by molar-refractivity contribution is 9.10. The number of nitrogens with two attached hydrogens (primary N) is 1. The molecule has 2 N–H and O–H groups in total. The van der Waals surface area contributed by atoms with Crippen LogP contribution in [0.5, 0.6) is 0 Å². The zero-order valence-corrected chi connectivity index (χ0v) is 15.6. The minimum atomic E-state index is 0.214. The molecule has 114 valence electrons. The Labute approximate surface area is 144 Å². The first-order valence-electron chi connectivity index (χ1n) is 6.87. The van der Waals surface area contributed by atoms with E-state index in [2.05, 4.69) is 59.9 Å². The minimum Gasteiger partial charge on any atom is -0.329 e. The van der Waals surface area contributed by atoms with Gasteiger partial charge in [-0.05, 0) is 60.6 Å². The highest BCUT2D eigenvalue weighted by atomic mass is 79.9. The maximum absolute atomic E-state index is 6.03. The van der Waals surface area contributed by atoms with Crippen molar-refractivity contribution in [2.24, 2.45) is 5.73 Å². The second-order valence-corrected chi connectivity index (χ2v) is 7.78. The van der Waals surface area contributed by atoms with Gasteiger partial charge in [-0.3, -0.25) is 4.90 Å². The molecule has 2 unspecified atom stereocenters. The first kappa shape index (κ1) is 17.0. The molecule has 0 saturated carbocycles. The Morgan fingerprint density at radius 2 is 1.95 bits per heavy atom. The van der Waals surface area contributed by atoms with Crippen LogP contribution >= 0.6 is 38.9 Å². The summed E-state index contributed by atoms with van der Waals surface area (Å²) in [6.07, 6.45) is 0. The van der Waals surface area contributed by atoms with Crippen molar-refractivity contribution < 1.29 is 0 Å². The fourth-order valence-corrected chi connectivity index (χ4v) is 4.23. The van der Waals surface area contributed by atoms with Gasteiger partial charge in [0.25, 0.3) is 0 Å². The third-order valence-electron chi connectivity index (χ3n) is 3.88. The number of halogens is 2. The van der Waals surface area contributed by atoms with Crippen LogP contribution in [0.3, 0.4) is 0 Å². The van der Waals surface area contributed by atoms with E-state index in [-0.39, 0.29) is 12.1 Å². The zero-order chi connectivity index (χ0) is 15.6. The molecule has 0 fully saturated rings. The second kappa shape index (κ2) is 7.25. The number of rotatable bonds is 5. The van der Waals surface area contributed by atoms with E-state index >= 15 is 0 Å². The molecule has 1 aromatic carbocycles. The number of benzene rings is 1. The highest BCUT2D eigenvalue weighted by Crippen LogP contribution is 2.35. The Balaban J connectivity index is 2.23. The molecule has 1 aromatic heterocycles. The van der Waals surface area contributed by atoms with Crippen LogP contribution in [-0.4, -0.2) is 18.5 Å². The van der Waals surface area contributed by atoms with Crippen molar-refractivity contribution in [3.8, 4) is 0 Å². The summed E-state index contributed by atoms with van der Waals surface area (Å²) in [5.41, 5.74) is 7.28. The highest BCUT2D eigenvalue weighted by Gasteiger charge is 2.23. The van der Waals surface area contributed by atoms with Crippen LogP contribution in [0.2, 0.25) is 5.02 Å². The van der Waals surface area contributed by atoms with Crippen LogP contribution in [0.15, 0.2) is 34.8 Å². The summed E-state index contributed by atoms with van der Waals surface area (Å²) in [7, 11) is 2.12. The monoisotopic (exact) mass is 386 g/mol. The Morgan fingerprint density at radius 3 is 2.43 bits per heavy atom. The number of aryl methyl sites for hydroxylation is 1. The molecular weight excluding hydrogens is 368 g/mol. The lowest BCUT2D eigenvalue weighted by Crippen LogP contribution is -2.32. The summed E-state index contributed by atoms with van der Waals surface area (Å²) < 4.78 is 1.16. The first-order valence-corrected chi connectivity index (χ1v) is 8.86. The molecule has 2 aromatic rings. The fourth-order valence-electron chi connectivity index (χ4n) is 2.38. The molecular formula is C16H20BrClN2S. The Hall–Kier alpha value is -0.390. The standard InChI is InChI=1S/C16H20BrClN2S/c1-10(12-4-6-13(18)7-5-12)20(3)15(9-19)16-8-14(17)11(2)21-16/h4-8,10,15H,9,19H2,1-3H3. The molecule has 21 heavy (non-hydrogen) atoms. The third-order valence-corrected chi connectivity index (χ3v) is 6.37. The van der Waals surface area contributed by atoms with E-state index in [1.54, 1.807) is 11.3 Å². The largest absolute Gasteiger partial charge is 0.329 e. The molecule has 2 nitrogen and oxygen atoms in total. The lowest BCUT2D eigenvalue weighted by atomic mass is 10.0. The average Bonchev–Trinajstić information content (AvgIpc) is 2.79. The maximum atomic E-state index is 6.03. The molecule has 2 atom stereocenters. The number of hydrogen-bond acceptors (Lipinski definition) is 3. The SMILES string of the molecule is Cc1sc(C(CN)N(C)C(C)c2ccc(Cl)cc2)cc1Br. The summed E-state index contributed by atoms with van der Waals surface area (Å²) in [4.78, 5) is 4.90. The smallest absolute Gasteiger partial charge is 0.0567 e. The van der Waals surface area contributed by atoms with Gasteiger partial charge in [-0.15, -0.1) is 11.3 Å². The second-order valence-electron chi connectivity index (χ2n) is 5.20. The summed E-state index contributed by atoms with van der Waals surface area (Å²) >= 11 is 11.4. The average molecular weight is 388 g/mol. The van der Waals surface area contributed by atoms with E-state index in [0.717, 1.165) is 9.50 Å². The van der Waals surface area contributed by atoms with Crippen LogP contribution < -0.4 is 5.73 Å². The van der Waals surface area contributed by atoms with E-state index in [0.29, 0.717) is 6.54 Å². The van der Waals surface area contributed by atoms with Crippen molar-refractivity contribution in [2.75, 3.05) is 13.6 Å². The van der Waals surface area contributed by atoms with Crippen LogP contribution in [-0.2, 0) is 0 Å². The van der Waals surface area contributed by atoms with Crippen molar-refractivity contribution in [2.45, 2.75) is 25.9 Å². The first-order chi connectivity index (χ1) is 9.93. The van der Waals surface area contributed by atoms with Gasteiger partial charge in [-0.1, -0.05) is 23.7 Å². The summed E-state index contributed by atoms with van der Waals surface area (Å²) in [6, 6.07) is 10.7.